The van der Waals surface area contributed by atoms with Crippen molar-refractivity contribution in [3.8, 4) is 24.2 Å². The fourth-order valence-corrected chi connectivity index (χ4v) is 10.3. The summed E-state index contributed by atoms with van der Waals surface area (Å²) < 4.78 is 14.6. The first-order valence-electron chi connectivity index (χ1n) is 27.1. The summed E-state index contributed by atoms with van der Waals surface area (Å²) in [5.74, 6) is 8.27. The smallest absolute Gasteiger partial charge is 0.373 e. The number of fused-ring (bicyclic) bond motifs is 1. The van der Waals surface area contributed by atoms with Crippen LogP contribution >= 0.6 is 0 Å². The van der Waals surface area contributed by atoms with Gasteiger partial charge in [0.05, 0.1) is 26.7 Å². The van der Waals surface area contributed by atoms with Crippen molar-refractivity contribution in [2.45, 2.75) is 118 Å². The third kappa shape index (κ3) is 26.1. The van der Waals surface area contributed by atoms with Gasteiger partial charge in [0.2, 0.25) is 0 Å². The number of carbonyl (C=O) groups excluding carboxylic acids is 13. The van der Waals surface area contributed by atoms with Crippen molar-refractivity contribution in [2.75, 3.05) is 21.3 Å². The van der Waals surface area contributed by atoms with E-state index in [4.69, 9.17) is 68.6 Å². The highest BCUT2D eigenvalue weighted by atomic mass is 16.5. The Hall–Kier alpha value is -9.47. The highest BCUT2D eigenvalue weighted by Gasteiger charge is 2.62. The number of hydrogen-bond donors (Lipinski definition) is 0. The maximum atomic E-state index is 12.2. The zero-order valence-corrected chi connectivity index (χ0v) is 49.9. The largest absolute Gasteiger partial charge is 0.468 e. The standard InChI is InChI=1S/2C17H22.C16H18O4.C14H16O2.5CO2/c1-3-17(4-2)13-12-16(14-17)11-10-15-8-6-5-7-9-15;1-4-14-17(5-2,6-3)15-10-13-16-11-8-7-9-12-16;1-19-13(17)16(14(18)20-2)9-12-7-11-5-3-4-6-15(12,8-11)10-16;1-4-11-14(2,13(15)16-3)12-9-7-5-6-8-10-12;5*2-1-3/h5-12H,3-4,13-14H2,1-2H3;4,7-9,11-12H,1,5-6,14-15H2,2-3H3;3-7,11H,8-10H2,1-2H3;1,5-9H,10-11H2,2-3H3;;;;;/b11-10+;;;;;;;;. The monoisotopic (exact) mass is 1160 g/mol. The van der Waals surface area contributed by atoms with Crippen LogP contribution in [-0.4, -0.2) is 70.0 Å². The van der Waals surface area contributed by atoms with Gasteiger partial charge < -0.3 is 14.2 Å². The Morgan fingerprint density at radius 1 is 0.706 bits per heavy atom. The first kappa shape index (κ1) is 77.6. The van der Waals surface area contributed by atoms with Crippen molar-refractivity contribution in [1.29, 1.82) is 0 Å². The van der Waals surface area contributed by atoms with Crippen molar-refractivity contribution >= 4 is 54.7 Å². The van der Waals surface area contributed by atoms with Crippen LogP contribution < -0.4 is 0 Å². The molecular weight excluding hydrogens is 1080 g/mol. The second-order valence-electron chi connectivity index (χ2n) is 19.9. The van der Waals surface area contributed by atoms with E-state index in [0.29, 0.717) is 36.0 Å². The number of carbonyl (C=O) groups is 3. The van der Waals surface area contributed by atoms with E-state index in [0.717, 1.165) is 36.8 Å². The lowest BCUT2D eigenvalue weighted by molar-refractivity contribution is -0.193. The molecule has 16 heteroatoms. The molecule has 0 amide bonds. The van der Waals surface area contributed by atoms with E-state index in [1.54, 1.807) is 0 Å². The predicted octanol–water partition coefficient (Wildman–Crippen LogP) is 11.9. The molecule has 450 valence electrons. The van der Waals surface area contributed by atoms with Gasteiger partial charge in [-0.05, 0) is 118 Å². The van der Waals surface area contributed by atoms with Crippen LogP contribution in [0, 0.1) is 57.2 Å². The molecule has 0 saturated heterocycles. The van der Waals surface area contributed by atoms with Crippen molar-refractivity contribution in [2.24, 2.45) is 33.0 Å². The van der Waals surface area contributed by atoms with Crippen LogP contribution in [0.15, 0.2) is 163 Å². The zero-order chi connectivity index (χ0) is 64.6. The minimum atomic E-state index is -1.19. The average molecular weight is 1160 g/mol. The van der Waals surface area contributed by atoms with Crippen LogP contribution in [0.4, 0.5) is 0 Å². The summed E-state index contributed by atoms with van der Waals surface area (Å²) in [6, 6.07) is 20.7. The number of allylic oxidation sites excluding steroid dienone is 15. The van der Waals surface area contributed by atoms with Gasteiger partial charge in [0.1, 0.15) is 0 Å². The van der Waals surface area contributed by atoms with Crippen LogP contribution in [0.2, 0.25) is 0 Å². The average Bonchev–Trinajstić information content (AvgIpc) is 1.75. The van der Waals surface area contributed by atoms with Crippen LogP contribution in [-0.2, 0) is 76.5 Å². The lowest BCUT2D eigenvalue weighted by atomic mass is 9.76. The van der Waals surface area contributed by atoms with E-state index in [-0.39, 0.29) is 42.1 Å². The molecule has 5 aliphatic rings. The number of rotatable bonds is 14. The maximum Gasteiger partial charge on any atom is 0.373 e. The summed E-state index contributed by atoms with van der Waals surface area (Å²) in [5.41, 5.74) is 4.83. The molecule has 1 spiro atoms. The van der Waals surface area contributed by atoms with Crippen LogP contribution in [0.5, 0.6) is 0 Å². The van der Waals surface area contributed by atoms with Gasteiger partial charge in [-0.2, -0.15) is 47.9 Å². The molecule has 5 aliphatic carbocycles. The van der Waals surface area contributed by atoms with Gasteiger partial charge in [-0.25, -0.2) is 0 Å². The summed E-state index contributed by atoms with van der Waals surface area (Å²) >= 11 is 0. The summed E-state index contributed by atoms with van der Waals surface area (Å²) in [6.45, 7) is 14.8. The molecule has 1 saturated carbocycles. The summed E-state index contributed by atoms with van der Waals surface area (Å²) in [4.78, 5) is 118. The van der Waals surface area contributed by atoms with Crippen LogP contribution in [0.1, 0.15) is 129 Å². The zero-order valence-electron chi connectivity index (χ0n) is 49.9. The van der Waals surface area contributed by atoms with E-state index in [2.05, 4.69) is 131 Å². The Balaban J connectivity index is 0. The third-order valence-corrected chi connectivity index (χ3v) is 15.3. The van der Waals surface area contributed by atoms with Crippen molar-refractivity contribution in [1.82, 2.24) is 0 Å². The summed E-state index contributed by atoms with van der Waals surface area (Å²) in [7, 11) is 4.03. The van der Waals surface area contributed by atoms with E-state index < -0.39 is 22.8 Å². The highest BCUT2D eigenvalue weighted by molar-refractivity contribution is 6.01. The molecule has 0 radical (unpaired) electrons. The fraction of sp³-hybridized carbons (Fsp3) is 0.391. The number of hydrogen-bond acceptors (Lipinski definition) is 16. The van der Waals surface area contributed by atoms with Gasteiger partial charge in [0.15, 0.2) is 5.41 Å². The van der Waals surface area contributed by atoms with Gasteiger partial charge in [-0.15, -0.1) is 18.9 Å². The second-order valence-corrected chi connectivity index (χ2v) is 19.9. The van der Waals surface area contributed by atoms with E-state index in [1.807, 2.05) is 73.7 Å². The number of benzene rings is 2. The molecule has 0 aromatic heterocycles. The number of methoxy groups -OCH3 is 3. The molecule has 2 aromatic carbocycles. The molecule has 1 fully saturated rings. The van der Waals surface area contributed by atoms with Gasteiger partial charge in [-0.3, -0.25) is 14.4 Å². The first-order chi connectivity index (χ1) is 40.8. The van der Waals surface area contributed by atoms with Gasteiger partial charge in [0.25, 0.3) is 0 Å². The van der Waals surface area contributed by atoms with E-state index >= 15 is 0 Å². The Kier molecular flexibility index (Phi) is 40.3. The number of ether oxygens (including phenoxy) is 3. The molecule has 0 heterocycles. The number of esters is 3. The van der Waals surface area contributed by atoms with Gasteiger partial charge in [0, 0.05) is 23.8 Å². The molecule has 2 bridgehead atoms. The van der Waals surface area contributed by atoms with Crippen LogP contribution in [0.25, 0.3) is 6.08 Å². The van der Waals surface area contributed by atoms with E-state index in [9.17, 15) is 14.4 Å². The van der Waals surface area contributed by atoms with Crippen molar-refractivity contribution in [3.63, 3.8) is 0 Å². The van der Waals surface area contributed by atoms with Crippen LogP contribution in [0.3, 0.4) is 0 Å². The molecule has 85 heavy (non-hydrogen) atoms. The van der Waals surface area contributed by atoms with Gasteiger partial charge >= 0.3 is 48.7 Å². The van der Waals surface area contributed by atoms with Crippen molar-refractivity contribution < 1.29 is 76.5 Å². The predicted molar refractivity (Wildman–Crippen MR) is 314 cm³/mol. The molecule has 7 rings (SSSR count). The van der Waals surface area contributed by atoms with Gasteiger partial charge in [-0.1, -0.05) is 184 Å². The summed E-state index contributed by atoms with van der Waals surface area (Å²) in [6.07, 6.45) is 48.1. The molecule has 0 N–H and O–H groups in total. The molecule has 2 aromatic rings. The number of terminal acetylenes is 1. The summed E-state index contributed by atoms with van der Waals surface area (Å²) in [5, 5.41) is 0. The topological polar surface area (TPSA) is 250 Å². The fourth-order valence-electron chi connectivity index (χ4n) is 10.3. The lowest BCUT2D eigenvalue weighted by Gasteiger charge is -2.28. The Bertz CT molecular complexity index is 2860. The third-order valence-electron chi connectivity index (χ3n) is 15.3. The first-order valence-corrected chi connectivity index (χ1v) is 27.1. The van der Waals surface area contributed by atoms with Crippen molar-refractivity contribution in [3.05, 3.63) is 174 Å². The maximum absolute atomic E-state index is 12.2. The van der Waals surface area contributed by atoms with E-state index in [1.165, 1.54) is 76.6 Å². The highest BCUT2D eigenvalue weighted by Crippen LogP contribution is 2.62. The Morgan fingerprint density at radius 2 is 1.26 bits per heavy atom. The minimum absolute atomic E-state index is 0.198. The SMILES string of the molecule is C#CCC(C)(C(=O)OC)C1=CC=CC=CC1.C=CCC(CC)(CC)CC#Cc1ccccc1.CCC1(CC)CC=C(/C=C/c2ccccc2)C1.COC(=O)C1(C(=O)OC)CC2=CC3C=CC=CC2(C3)C1.O=C=O.O=C=O.O=C=O.O=C=O.O=C=O. The molecule has 3 atom stereocenters. The normalized spacial score (nSPS) is 17.3. The molecular formula is C69H78O16. The second kappa shape index (κ2) is 44.2. The minimum Gasteiger partial charge on any atom is -0.468 e. The lowest BCUT2D eigenvalue weighted by Crippen LogP contribution is -2.40. The molecule has 3 unspecified atom stereocenters. The molecule has 0 aliphatic heterocycles. The Morgan fingerprint density at radius 3 is 1.74 bits per heavy atom. The molecule has 16 nitrogen and oxygen atoms in total. The quantitative estimate of drug-likeness (QED) is 0.0560. The Labute approximate surface area is 500 Å².